The van der Waals surface area contributed by atoms with E-state index in [9.17, 15) is 9.59 Å². The molecule has 0 saturated carbocycles. The largest absolute Gasteiger partial charge is 0.511 e. The summed E-state index contributed by atoms with van der Waals surface area (Å²) in [6.07, 6.45) is -1.37. The van der Waals surface area contributed by atoms with E-state index < -0.39 is 6.16 Å². The third kappa shape index (κ3) is 1.63. The molecule has 78 valence electrons. The van der Waals surface area contributed by atoms with Crippen molar-refractivity contribution < 1.29 is 19.4 Å². The van der Waals surface area contributed by atoms with Crippen molar-refractivity contribution in [2.24, 2.45) is 0 Å². The Morgan fingerprint density at radius 2 is 2.27 bits per heavy atom. The van der Waals surface area contributed by atoms with Crippen LogP contribution in [0.1, 0.15) is 18.4 Å². The van der Waals surface area contributed by atoms with Crippen molar-refractivity contribution in [3.8, 4) is 5.75 Å². The Morgan fingerprint density at radius 1 is 1.53 bits per heavy atom. The van der Waals surface area contributed by atoms with Crippen LogP contribution in [-0.4, -0.2) is 17.2 Å². The van der Waals surface area contributed by atoms with E-state index in [0.717, 1.165) is 5.56 Å². The monoisotopic (exact) mass is 207 g/mol. The molecular weight excluding hydrogens is 198 g/mol. The zero-order valence-corrected chi connectivity index (χ0v) is 7.98. The van der Waals surface area contributed by atoms with E-state index in [0.29, 0.717) is 5.69 Å². The molecule has 1 aromatic rings. The first-order valence-electron chi connectivity index (χ1n) is 4.43. The number of carbonyl (C=O) groups excluding carboxylic acids is 1. The average molecular weight is 207 g/mol. The molecule has 1 aliphatic rings. The highest BCUT2D eigenvalue weighted by Crippen LogP contribution is 2.34. The highest BCUT2D eigenvalue weighted by atomic mass is 16.7. The van der Waals surface area contributed by atoms with Crippen molar-refractivity contribution in [2.75, 3.05) is 5.32 Å². The topological polar surface area (TPSA) is 75.6 Å². The Labute approximate surface area is 85.7 Å². The number of rotatable bonds is 1. The Hall–Kier alpha value is -2.04. The van der Waals surface area contributed by atoms with Gasteiger partial charge in [0.2, 0.25) is 5.91 Å². The van der Waals surface area contributed by atoms with Crippen LogP contribution in [0, 0.1) is 0 Å². The van der Waals surface area contributed by atoms with Gasteiger partial charge in [-0.1, -0.05) is 6.07 Å². The molecule has 1 aliphatic heterocycles. The lowest BCUT2D eigenvalue weighted by Crippen LogP contribution is -2.08. The smallest absolute Gasteiger partial charge is 0.449 e. The highest BCUT2D eigenvalue weighted by molar-refractivity contribution is 6.02. The third-order valence-electron chi connectivity index (χ3n) is 2.35. The van der Waals surface area contributed by atoms with Gasteiger partial charge in [-0.05, 0) is 18.6 Å². The summed E-state index contributed by atoms with van der Waals surface area (Å²) in [5.74, 6) is -0.0768. The molecule has 1 aromatic carbocycles. The van der Waals surface area contributed by atoms with E-state index in [1.165, 1.54) is 12.1 Å². The number of hydrogen-bond donors (Lipinski definition) is 2. The van der Waals surface area contributed by atoms with Gasteiger partial charge in [0, 0.05) is 11.8 Å². The molecule has 2 N–H and O–H groups in total. The fourth-order valence-corrected chi connectivity index (χ4v) is 1.57. The first kappa shape index (κ1) is 9.51. The molecule has 0 spiro atoms. The molecule has 5 nitrogen and oxygen atoms in total. The van der Waals surface area contributed by atoms with Crippen LogP contribution in [0.4, 0.5) is 10.5 Å². The van der Waals surface area contributed by atoms with Gasteiger partial charge >= 0.3 is 6.16 Å². The number of carbonyl (C=O) groups is 2. The first-order chi connectivity index (χ1) is 7.08. The minimum Gasteiger partial charge on any atom is -0.449 e. The lowest BCUT2D eigenvalue weighted by atomic mass is 10.0. The van der Waals surface area contributed by atoms with Gasteiger partial charge in [-0.25, -0.2) is 4.79 Å². The number of benzene rings is 1. The summed E-state index contributed by atoms with van der Waals surface area (Å²) in [5, 5.41) is 11.1. The summed E-state index contributed by atoms with van der Waals surface area (Å²) in [6, 6.07) is 4.73. The minimum atomic E-state index is -1.37. The van der Waals surface area contributed by atoms with Crippen LogP contribution in [-0.2, 0) is 4.79 Å². The molecule has 0 aliphatic carbocycles. The van der Waals surface area contributed by atoms with Crippen molar-refractivity contribution >= 4 is 17.7 Å². The summed E-state index contributed by atoms with van der Waals surface area (Å²) in [7, 11) is 0. The predicted molar refractivity (Wildman–Crippen MR) is 52.1 cm³/mol. The second-order valence-electron chi connectivity index (χ2n) is 3.33. The summed E-state index contributed by atoms with van der Waals surface area (Å²) in [6.45, 7) is 1.79. The quantitative estimate of drug-likeness (QED) is 0.543. The van der Waals surface area contributed by atoms with Crippen LogP contribution in [0.2, 0.25) is 0 Å². The van der Waals surface area contributed by atoms with Gasteiger partial charge in [0.15, 0.2) is 0 Å². The molecule has 5 heteroatoms. The van der Waals surface area contributed by atoms with E-state index in [1.54, 1.807) is 13.0 Å². The molecule has 1 amide bonds. The molecule has 0 saturated heterocycles. The van der Waals surface area contributed by atoms with E-state index >= 15 is 0 Å². The zero-order valence-electron chi connectivity index (χ0n) is 7.98. The SMILES string of the molecule is CC1C(=O)Nc2cc(OC(=O)O)ccc21. The number of amides is 1. The van der Waals surface area contributed by atoms with Gasteiger partial charge in [0.1, 0.15) is 5.75 Å². The highest BCUT2D eigenvalue weighted by Gasteiger charge is 2.26. The maximum Gasteiger partial charge on any atom is 0.511 e. The average Bonchev–Trinajstić information content (AvgIpc) is 2.41. The predicted octanol–water partition coefficient (Wildman–Crippen LogP) is 1.80. The van der Waals surface area contributed by atoms with E-state index in [1.807, 2.05) is 0 Å². The summed E-state index contributed by atoms with van der Waals surface area (Å²) in [4.78, 5) is 21.6. The maximum absolute atomic E-state index is 11.3. The lowest BCUT2D eigenvalue weighted by molar-refractivity contribution is -0.116. The Kier molecular flexibility index (Phi) is 2.07. The first-order valence-corrected chi connectivity index (χ1v) is 4.43. The maximum atomic E-state index is 11.3. The van der Waals surface area contributed by atoms with Gasteiger partial charge in [-0.3, -0.25) is 4.79 Å². The van der Waals surface area contributed by atoms with E-state index in [-0.39, 0.29) is 17.6 Å². The molecule has 1 heterocycles. The van der Waals surface area contributed by atoms with E-state index in [2.05, 4.69) is 10.1 Å². The van der Waals surface area contributed by atoms with Crippen LogP contribution >= 0.6 is 0 Å². The summed E-state index contributed by atoms with van der Waals surface area (Å²) >= 11 is 0. The Morgan fingerprint density at radius 3 is 2.93 bits per heavy atom. The molecule has 0 bridgehead atoms. The van der Waals surface area contributed by atoms with Crippen molar-refractivity contribution in [3.05, 3.63) is 23.8 Å². The van der Waals surface area contributed by atoms with Crippen LogP contribution in [0.25, 0.3) is 0 Å². The van der Waals surface area contributed by atoms with Crippen LogP contribution in [0.15, 0.2) is 18.2 Å². The number of fused-ring (bicyclic) bond motifs is 1. The van der Waals surface area contributed by atoms with Crippen molar-refractivity contribution in [1.29, 1.82) is 0 Å². The van der Waals surface area contributed by atoms with Crippen LogP contribution < -0.4 is 10.1 Å². The summed E-state index contributed by atoms with van der Waals surface area (Å²) < 4.78 is 4.48. The number of ether oxygens (including phenoxy) is 1. The fraction of sp³-hybridized carbons (Fsp3) is 0.200. The van der Waals surface area contributed by atoms with Gasteiger partial charge in [-0.15, -0.1) is 0 Å². The molecule has 1 atom stereocenters. The van der Waals surface area contributed by atoms with Gasteiger partial charge in [-0.2, -0.15) is 0 Å². The number of nitrogens with one attached hydrogen (secondary N) is 1. The standard InChI is InChI=1S/C10H9NO4/c1-5-7-3-2-6(15-10(13)14)4-8(7)11-9(5)12/h2-5H,1H3,(H,11,12)(H,13,14). The molecule has 2 rings (SSSR count). The molecule has 0 fully saturated rings. The lowest BCUT2D eigenvalue weighted by Gasteiger charge is -2.03. The van der Waals surface area contributed by atoms with Crippen LogP contribution in [0.5, 0.6) is 5.75 Å². The Bertz CT molecular complexity index is 441. The molecule has 0 radical (unpaired) electrons. The van der Waals surface area contributed by atoms with Crippen molar-refractivity contribution in [3.63, 3.8) is 0 Å². The van der Waals surface area contributed by atoms with Crippen LogP contribution in [0.3, 0.4) is 0 Å². The van der Waals surface area contributed by atoms with Gasteiger partial charge in [0.25, 0.3) is 0 Å². The van der Waals surface area contributed by atoms with Gasteiger partial charge in [0.05, 0.1) is 5.92 Å². The Balaban J connectivity index is 2.33. The molecule has 0 aromatic heterocycles. The number of carboxylic acid groups (broad SMARTS) is 1. The molecule has 1 unspecified atom stereocenters. The van der Waals surface area contributed by atoms with E-state index in [4.69, 9.17) is 5.11 Å². The van der Waals surface area contributed by atoms with Crippen molar-refractivity contribution in [1.82, 2.24) is 0 Å². The minimum absolute atomic E-state index is 0.0857. The zero-order chi connectivity index (χ0) is 11.0. The molecule has 15 heavy (non-hydrogen) atoms. The van der Waals surface area contributed by atoms with Gasteiger partial charge < -0.3 is 15.2 Å². The molecular formula is C10H9NO4. The van der Waals surface area contributed by atoms with Crippen molar-refractivity contribution in [2.45, 2.75) is 12.8 Å². The summed E-state index contributed by atoms with van der Waals surface area (Å²) in [5.41, 5.74) is 1.48. The third-order valence-corrected chi connectivity index (χ3v) is 2.35. The second-order valence-corrected chi connectivity index (χ2v) is 3.33. The normalized spacial score (nSPS) is 18.2. The second kappa shape index (κ2) is 3.27. The number of hydrogen-bond acceptors (Lipinski definition) is 3. The fourth-order valence-electron chi connectivity index (χ4n) is 1.57. The number of anilines is 1.